The molecule has 0 aliphatic carbocycles. The molecule has 186 valence electrons. The van der Waals surface area contributed by atoms with E-state index in [0.29, 0.717) is 0 Å². The van der Waals surface area contributed by atoms with E-state index in [1.165, 1.54) is 10.6 Å². The second-order valence-electron chi connectivity index (χ2n) is 8.57. The largest absolute Gasteiger partial charge is 0.390 e. The van der Waals surface area contributed by atoms with Gasteiger partial charge in [-0.25, -0.2) is 39.0 Å². The number of rotatable bonds is 9. The zero-order valence-corrected chi connectivity index (χ0v) is 22.7. The van der Waals surface area contributed by atoms with Gasteiger partial charge >= 0.3 is 0 Å². The first-order valence-electron chi connectivity index (χ1n) is 9.52. The molecule has 0 fully saturated rings. The van der Waals surface area contributed by atoms with Crippen LogP contribution in [0.5, 0.6) is 0 Å². The van der Waals surface area contributed by atoms with Crippen LogP contribution in [0.4, 0.5) is 0 Å². The normalized spacial score (nSPS) is 13.2. The summed E-state index contributed by atoms with van der Waals surface area (Å²) in [7, 11) is -7.60. The fourth-order valence-electron chi connectivity index (χ4n) is 1.61. The van der Waals surface area contributed by atoms with E-state index in [-0.39, 0.29) is 30.3 Å². The molecule has 0 unspecified atom stereocenters. The van der Waals surface area contributed by atoms with Crippen LogP contribution in [0.15, 0.2) is 0 Å². The fourth-order valence-corrected chi connectivity index (χ4v) is 4.84. The van der Waals surface area contributed by atoms with Crippen molar-refractivity contribution in [3.05, 3.63) is 0 Å². The number of nitrogens with zero attached hydrogens (tertiary/aromatic N) is 1. The molecule has 0 saturated heterocycles. The van der Waals surface area contributed by atoms with Crippen LogP contribution >= 0.6 is 0 Å². The van der Waals surface area contributed by atoms with Crippen LogP contribution in [0.2, 0.25) is 0 Å². The molecule has 10 nitrogen and oxygen atoms in total. The maximum atomic E-state index is 11.3. The van der Waals surface area contributed by atoms with Crippen LogP contribution in [0.25, 0.3) is 0 Å². The highest BCUT2D eigenvalue weighted by molar-refractivity contribution is 7.89. The van der Waals surface area contributed by atoms with E-state index < -0.39 is 35.7 Å². The average Bonchev–Trinajstić information content (AvgIpc) is 2.40. The van der Waals surface area contributed by atoms with Crippen molar-refractivity contribution in [2.75, 3.05) is 25.3 Å². The molecule has 0 aromatic heterocycles. The Kier molecular flexibility index (Phi) is 16.0. The molecule has 0 spiro atoms. The maximum Gasteiger partial charge on any atom is 0.211 e. The Morgan fingerprint density at radius 1 is 0.833 bits per heavy atom. The van der Waals surface area contributed by atoms with Crippen LogP contribution in [-0.2, 0) is 30.1 Å². The van der Waals surface area contributed by atoms with Gasteiger partial charge in [0.15, 0.2) is 0 Å². The van der Waals surface area contributed by atoms with Gasteiger partial charge in [0, 0.05) is 25.2 Å². The van der Waals surface area contributed by atoms with Gasteiger partial charge in [-0.15, -0.1) is 0 Å². The number of hydrogen-bond acceptors (Lipinski definition) is 7. The quantitative estimate of drug-likeness (QED) is 0.424. The Morgan fingerprint density at radius 2 is 1.20 bits per heavy atom. The van der Waals surface area contributed by atoms with Gasteiger partial charge in [0.1, 0.15) is 0 Å². The van der Waals surface area contributed by atoms with Crippen LogP contribution in [0.3, 0.4) is 0 Å². The number of hydrogen-bond donors (Lipinski definition) is 3. The summed E-state index contributed by atoms with van der Waals surface area (Å²) in [5.74, 6) is -0.0331. The van der Waals surface area contributed by atoms with Crippen LogP contribution in [0.1, 0.15) is 61.8 Å². The number of sulfonamides is 3. The predicted octanol–water partition coefficient (Wildman–Crippen LogP) is 0.705. The van der Waals surface area contributed by atoms with Crippen molar-refractivity contribution in [3.8, 4) is 0 Å². The smallest absolute Gasteiger partial charge is 0.211 e. The summed E-state index contributed by atoms with van der Waals surface area (Å²) in [5.41, 5.74) is -0.925. The monoisotopic (exact) mass is 497 g/mol. The Morgan fingerprint density at radius 3 is 1.33 bits per heavy atom. The van der Waals surface area contributed by atoms with Crippen molar-refractivity contribution >= 4 is 30.1 Å². The first-order chi connectivity index (χ1) is 12.9. The van der Waals surface area contributed by atoms with E-state index in [9.17, 15) is 30.4 Å². The van der Waals surface area contributed by atoms with Crippen molar-refractivity contribution in [2.45, 2.75) is 85.5 Å². The molecular formula is C17H43N3O7S3. The standard InChI is InChI=1S/C8H19NO3S.C5H13NO2S.C4H11NO2S/c1-7(2)9-13(11,12)6-5-8(3,4)10;1-5(2)6(3)9(4,7)8;1-4(2)5-8(3,6)7/h7,9-10H,5-6H2,1-4H3;5H,1-4H3;4-5H,1-3H3. The molecule has 0 aliphatic rings. The van der Waals surface area contributed by atoms with Gasteiger partial charge in [-0.2, -0.15) is 0 Å². The third-order valence-corrected chi connectivity index (χ3v) is 7.04. The molecule has 0 rings (SSSR count). The topological polar surface area (TPSA) is 150 Å². The molecule has 0 aliphatic heterocycles. The molecule has 13 heteroatoms. The summed E-state index contributed by atoms with van der Waals surface area (Å²) in [4.78, 5) is 0. The second-order valence-corrected chi connectivity index (χ2v) is 14.3. The average molecular weight is 498 g/mol. The third kappa shape index (κ3) is 27.7. The lowest BCUT2D eigenvalue weighted by molar-refractivity contribution is 0.0771. The van der Waals surface area contributed by atoms with Gasteiger partial charge in [-0.3, -0.25) is 0 Å². The van der Waals surface area contributed by atoms with Crippen LogP contribution in [0, 0.1) is 0 Å². The maximum absolute atomic E-state index is 11.3. The fraction of sp³-hybridized carbons (Fsp3) is 1.00. The highest BCUT2D eigenvalue weighted by Gasteiger charge is 2.19. The van der Waals surface area contributed by atoms with E-state index in [0.717, 1.165) is 6.26 Å². The predicted molar refractivity (Wildman–Crippen MR) is 124 cm³/mol. The van der Waals surface area contributed by atoms with E-state index >= 15 is 0 Å². The summed E-state index contributed by atoms with van der Waals surface area (Å²) in [6.45, 7) is 13.9. The molecule has 0 amide bonds. The molecular weight excluding hydrogens is 454 g/mol. The molecule has 0 atom stereocenters. The Bertz CT molecular complexity index is 768. The summed E-state index contributed by atoms with van der Waals surface area (Å²) in [6, 6.07) is -0.0307. The van der Waals surface area contributed by atoms with Crippen LogP contribution < -0.4 is 9.44 Å². The molecule has 30 heavy (non-hydrogen) atoms. The summed E-state index contributed by atoms with van der Waals surface area (Å²) >= 11 is 0. The number of nitrogens with one attached hydrogen (secondary N) is 2. The van der Waals surface area contributed by atoms with Crippen LogP contribution in [-0.4, -0.2) is 83.7 Å². The van der Waals surface area contributed by atoms with E-state index in [4.69, 9.17) is 0 Å². The zero-order valence-electron chi connectivity index (χ0n) is 20.2. The second kappa shape index (κ2) is 14.0. The first-order valence-corrected chi connectivity index (χ1v) is 14.9. The van der Waals surface area contributed by atoms with E-state index in [1.54, 1.807) is 48.6 Å². The van der Waals surface area contributed by atoms with Gasteiger partial charge in [0.25, 0.3) is 0 Å². The van der Waals surface area contributed by atoms with Gasteiger partial charge in [0.05, 0.1) is 23.9 Å². The molecule has 0 bridgehead atoms. The lowest BCUT2D eigenvalue weighted by atomic mass is 10.1. The van der Waals surface area contributed by atoms with Crippen molar-refractivity contribution < 1.29 is 30.4 Å². The SMILES string of the molecule is CC(C)N(C)S(C)(=O)=O.CC(C)NS(=O)(=O)CCC(C)(C)O.CC(C)NS(C)(=O)=O. The van der Waals surface area contributed by atoms with Crippen molar-refractivity contribution in [1.29, 1.82) is 0 Å². The number of aliphatic hydroxyl groups is 1. The lowest BCUT2D eigenvalue weighted by Gasteiger charge is -2.17. The Balaban J connectivity index is -0.000000379. The van der Waals surface area contributed by atoms with Gasteiger partial charge in [0.2, 0.25) is 30.1 Å². The van der Waals surface area contributed by atoms with Gasteiger partial charge in [-0.05, 0) is 61.8 Å². The lowest BCUT2D eigenvalue weighted by Crippen LogP contribution is -2.35. The van der Waals surface area contributed by atoms with Crippen molar-refractivity contribution in [3.63, 3.8) is 0 Å². The minimum atomic E-state index is -3.22. The Labute approximate surface area is 185 Å². The van der Waals surface area contributed by atoms with Crippen molar-refractivity contribution in [2.24, 2.45) is 0 Å². The Hall–Kier alpha value is -0.310. The molecule has 0 heterocycles. The molecule has 0 radical (unpaired) electrons. The van der Waals surface area contributed by atoms with Crippen molar-refractivity contribution in [1.82, 2.24) is 13.7 Å². The zero-order chi connectivity index (χ0) is 25.1. The highest BCUT2D eigenvalue weighted by atomic mass is 32.2. The molecule has 0 saturated carbocycles. The van der Waals surface area contributed by atoms with E-state index in [2.05, 4.69) is 9.44 Å². The molecule has 3 N–H and O–H groups in total. The summed E-state index contributed by atoms with van der Waals surface area (Å²) < 4.78 is 70.7. The first kappa shape index (κ1) is 34.3. The highest BCUT2D eigenvalue weighted by Crippen LogP contribution is 2.08. The third-order valence-electron chi connectivity index (χ3n) is 3.10. The minimum Gasteiger partial charge on any atom is -0.390 e. The van der Waals surface area contributed by atoms with Gasteiger partial charge in [-0.1, -0.05) is 0 Å². The summed E-state index contributed by atoms with van der Waals surface area (Å²) in [5, 5.41) is 9.32. The molecule has 0 aromatic rings. The summed E-state index contributed by atoms with van der Waals surface area (Å²) in [6.07, 6.45) is 2.59. The molecule has 0 aromatic carbocycles. The van der Waals surface area contributed by atoms with E-state index in [1.807, 2.05) is 13.8 Å². The minimum absolute atomic E-state index is 0.00463. The van der Waals surface area contributed by atoms with Gasteiger partial charge < -0.3 is 5.11 Å².